The molecular formula is C42H42ClF3N6O11S2. The molecule has 2 atom stereocenters. The van der Waals surface area contributed by atoms with Crippen molar-refractivity contribution in [2.45, 2.75) is 38.4 Å². The van der Waals surface area contributed by atoms with Gasteiger partial charge in [0.25, 0.3) is 5.91 Å². The number of hydrogen-bond donors (Lipinski definition) is 5. The third kappa shape index (κ3) is 16.0. The molecule has 6 rings (SSSR count). The Morgan fingerprint density at radius 1 is 0.723 bits per heavy atom. The highest BCUT2D eigenvalue weighted by Crippen LogP contribution is 2.37. The van der Waals surface area contributed by atoms with E-state index in [4.69, 9.17) is 25.1 Å². The normalized spacial score (nSPS) is 11.4. The van der Waals surface area contributed by atoms with Crippen molar-refractivity contribution in [3.05, 3.63) is 129 Å². The summed E-state index contributed by atoms with van der Waals surface area (Å²) in [5.41, 5.74) is 7.96. The minimum absolute atomic E-state index is 0. The second-order valence-corrected chi connectivity index (χ2v) is 15.1. The topological polar surface area (TPSA) is 247 Å². The molecule has 0 aliphatic carbocycles. The number of methoxy groups -OCH3 is 2. The molecule has 0 aliphatic heterocycles. The van der Waals surface area contributed by atoms with Gasteiger partial charge in [-0.1, -0.05) is 60.7 Å². The van der Waals surface area contributed by atoms with Crippen molar-refractivity contribution >= 4 is 91.5 Å². The number of amides is 3. The van der Waals surface area contributed by atoms with Crippen LogP contribution in [0.5, 0.6) is 0 Å². The van der Waals surface area contributed by atoms with Gasteiger partial charge in [0, 0.05) is 25.5 Å². The van der Waals surface area contributed by atoms with Crippen molar-refractivity contribution in [2.24, 2.45) is 5.73 Å². The van der Waals surface area contributed by atoms with E-state index >= 15 is 0 Å². The number of fused-ring (bicyclic) bond motifs is 2. The summed E-state index contributed by atoms with van der Waals surface area (Å²) in [6.07, 6.45) is -3.29. The van der Waals surface area contributed by atoms with Gasteiger partial charge in [-0.05, 0) is 47.9 Å². The molecule has 0 unspecified atom stereocenters. The van der Waals surface area contributed by atoms with Gasteiger partial charge in [-0.25, -0.2) is 24.0 Å². The number of nitrogens with one attached hydrogen (secondary N) is 3. The predicted octanol–water partition coefficient (Wildman–Crippen LogP) is 6.65. The molecule has 23 heteroatoms. The number of benzene rings is 2. The third-order valence-electron chi connectivity index (χ3n) is 8.44. The molecule has 0 radical (unpaired) electrons. The van der Waals surface area contributed by atoms with Crippen molar-refractivity contribution in [1.82, 2.24) is 25.9 Å². The number of nitrogens with zero attached hydrogens (tertiary/aromatic N) is 2. The molecule has 0 saturated heterocycles. The molecular weight excluding hydrogens is 921 g/mol. The third-order valence-corrected chi connectivity index (χ3v) is 10.8. The first-order chi connectivity index (χ1) is 30.5. The average molecular weight is 963 g/mol. The molecule has 4 heterocycles. The van der Waals surface area contributed by atoms with Gasteiger partial charge in [0.1, 0.15) is 30.2 Å². The monoisotopic (exact) mass is 962 g/mol. The van der Waals surface area contributed by atoms with E-state index < -0.39 is 53.9 Å². The van der Waals surface area contributed by atoms with Gasteiger partial charge in [0.05, 0.1) is 45.1 Å². The standard InChI is InChI=1S/C21H21N3O5S.C12H16N2O4.C9H4F3NO2S.ClH/c1-13-8-9-22-15-10-17(30-18(13)15)19(25)23-11-16(20(26)28-2)24-21(27)29-12-14-6-4-3-5-7-14;1-17-11(15)10(7-13)14-12(16)18-8-9-5-3-2-4-6-9;10-9(11,12)4-1-2-13-5-3-6(8(14)15)16-7(4)5;/h3-10,16H,11-12H2,1-2H3,(H,23,25)(H,24,27);2-6,10H,7-8,13H2,1H3,(H,14,16);1-3H,(H,14,15);1H/t16-;10-;;/m11../s1. The summed E-state index contributed by atoms with van der Waals surface area (Å²) in [6, 6.07) is 21.9. The molecule has 346 valence electrons. The first kappa shape index (κ1) is 52.5. The maximum atomic E-state index is 12.6. The number of thiophene rings is 2. The molecule has 3 amide bonds. The number of carbonyl (C=O) groups excluding carboxylic acids is 5. The van der Waals surface area contributed by atoms with Gasteiger partial charge in [0.15, 0.2) is 0 Å². The minimum Gasteiger partial charge on any atom is -0.477 e. The number of hydrogen-bond acceptors (Lipinski definition) is 15. The molecule has 0 spiro atoms. The van der Waals surface area contributed by atoms with E-state index in [0.717, 1.165) is 45.2 Å². The van der Waals surface area contributed by atoms with Gasteiger partial charge in [0.2, 0.25) is 0 Å². The molecule has 0 saturated carbocycles. The highest BCUT2D eigenvalue weighted by molar-refractivity contribution is 7.21. The number of aromatic nitrogens is 2. The number of rotatable bonds is 13. The van der Waals surface area contributed by atoms with E-state index in [9.17, 15) is 41.9 Å². The fourth-order valence-electron chi connectivity index (χ4n) is 5.23. The number of aryl methyl sites for hydroxylation is 1. The summed E-state index contributed by atoms with van der Waals surface area (Å²) in [4.78, 5) is 78.1. The lowest BCUT2D eigenvalue weighted by atomic mass is 10.2. The lowest BCUT2D eigenvalue weighted by Gasteiger charge is -2.17. The van der Waals surface area contributed by atoms with E-state index in [1.807, 2.05) is 73.7 Å². The molecule has 2 aromatic carbocycles. The Bertz CT molecular complexity index is 2550. The van der Waals surface area contributed by atoms with Crippen LogP contribution in [0.15, 0.2) is 97.3 Å². The number of alkyl halides is 3. The number of alkyl carbamates (subject to hydrolysis) is 2. The molecule has 6 aromatic rings. The van der Waals surface area contributed by atoms with Crippen LogP contribution in [0, 0.1) is 6.92 Å². The molecule has 6 N–H and O–H groups in total. The van der Waals surface area contributed by atoms with Crippen LogP contribution in [0.2, 0.25) is 0 Å². The zero-order valence-corrected chi connectivity index (χ0v) is 37.0. The van der Waals surface area contributed by atoms with Crippen LogP contribution in [0.1, 0.15) is 41.6 Å². The Morgan fingerprint density at radius 2 is 1.20 bits per heavy atom. The maximum absolute atomic E-state index is 12.6. The molecule has 65 heavy (non-hydrogen) atoms. The molecule has 0 bridgehead atoms. The SMILES string of the molecule is COC(=O)[C@@H](CN)NC(=O)OCc1ccccc1.COC(=O)[C@@H](CNC(=O)c1cc2nccc(C)c2s1)NC(=O)OCc1ccccc1.Cl.O=C(O)c1cc2nccc(C(F)(F)F)c2s1. The van der Waals surface area contributed by atoms with E-state index in [2.05, 4.69) is 30.7 Å². The Kier molecular flexibility index (Phi) is 20.5. The van der Waals surface area contributed by atoms with Gasteiger partial charge in [-0.15, -0.1) is 35.1 Å². The van der Waals surface area contributed by atoms with Gasteiger partial charge >= 0.3 is 36.3 Å². The highest BCUT2D eigenvalue weighted by Gasteiger charge is 2.34. The summed E-state index contributed by atoms with van der Waals surface area (Å²) in [5, 5.41) is 16.1. The van der Waals surface area contributed by atoms with Crippen LogP contribution in [0.3, 0.4) is 0 Å². The maximum Gasteiger partial charge on any atom is 0.417 e. The number of carbonyl (C=O) groups is 6. The van der Waals surface area contributed by atoms with Gasteiger partial charge < -0.3 is 45.7 Å². The largest absolute Gasteiger partial charge is 0.477 e. The van der Waals surface area contributed by atoms with Gasteiger partial charge in [-0.3, -0.25) is 14.8 Å². The smallest absolute Gasteiger partial charge is 0.417 e. The van der Waals surface area contributed by atoms with Crippen LogP contribution in [-0.2, 0) is 47.9 Å². The first-order valence-corrected chi connectivity index (χ1v) is 20.3. The Labute approximate surface area is 382 Å². The average Bonchev–Trinajstić information content (AvgIpc) is 3.95. The lowest BCUT2D eigenvalue weighted by molar-refractivity contribution is -0.143. The number of esters is 2. The van der Waals surface area contributed by atoms with Crippen LogP contribution in [0.25, 0.3) is 20.4 Å². The second-order valence-electron chi connectivity index (χ2n) is 12.9. The number of nitrogens with two attached hydrogens (primary N) is 1. The highest BCUT2D eigenvalue weighted by atomic mass is 35.5. The quantitative estimate of drug-likeness (QED) is 0.0601. The van der Waals surface area contributed by atoms with Crippen LogP contribution >= 0.6 is 35.1 Å². The van der Waals surface area contributed by atoms with E-state index in [1.165, 1.54) is 25.6 Å². The summed E-state index contributed by atoms with van der Waals surface area (Å²) >= 11 is 1.89. The van der Waals surface area contributed by atoms with Crippen molar-refractivity contribution < 1.29 is 66.0 Å². The number of ether oxygens (including phenoxy) is 4. The Balaban J connectivity index is 0.000000275. The second kappa shape index (κ2) is 25.4. The zero-order chi connectivity index (χ0) is 46.8. The van der Waals surface area contributed by atoms with Gasteiger partial charge in [-0.2, -0.15) is 13.2 Å². The Morgan fingerprint density at radius 3 is 1.69 bits per heavy atom. The van der Waals surface area contributed by atoms with Crippen molar-refractivity contribution in [3.63, 3.8) is 0 Å². The Hall–Kier alpha value is -6.88. The fraction of sp³-hybridized carbons (Fsp3) is 0.238. The van der Waals surface area contributed by atoms with Crippen LogP contribution in [-0.4, -0.2) is 90.5 Å². The van der Waals surface area contributed by atoms with Crippen LogP contribution < -0.4 is 21.7 Å². The van der Waals surface area contributed by atoms with Crippen molar-refractivity contribution in [2.75, 3.05) is 27.3 Å². The number of aromatic carboxylic acids is 1. The fourth-order valence-corrected chi connectivity index (χ4v) is 7.22. The van der Waals surface area contributed by atoms with E-state index in [0.29, 0.717) is 16.2 Å². The van der Waals surface area contributed by atoms with Crippen molar-refractivity contribution in [1.29, 1.82) is 0 Å². The molecule has 0 aliphatic rings. The number of carboxylic acids is 1. The summed E-state index contributed by atoms with van der Waals surface area (Å²) in [5.74, 6) is -2.92. The van der Waals surface area contributed by atoms with E-state index in [1.54, 1.807) is 12.3 Å². The molecule has 4 aromatic heterocycles. The lowest BCUT2D eigenvalue weighted by Crippen LogP contribution is -2.49. The summed E-state index contributed by atoms with van der Waals surface area (Å²) in [7, 11) is 2.43. The number of halogens is 4. The molecule has 0 fully saturated rings. The predicted molar refractivity (Wildman–Crippen MR) is 236 cm³/mol. The van der Waals surface area contributed by atoms with Crippen LogP contribution in [0.4, 0.5) is 22.8 Å². The first-order valence-electron chi connectivity index (χ1n) is 18.7. The zero-order valence-electron chi connectivity index (χ0n) is 34.6. The number of carboxylic acid groups (broad SMARTS) is 1. The van der Waals surface area contributed by atoms with Crippen molar-refractivity contribution in [3.8, 4) is 0 Å². The summed E-state index contributed by atoms with van der Waals surface area (Å²) < 4.78 is 57.7. The minimum atomic E-state index is -4.50. The van der Waals surface area contributed by atoms with E-state index in [-0.39, 0.29) is 59.7 Å². The summed E-state index contributed by atoms with van der Waals surface area (Å²) in [6.45, 7) is 1.94. The molecule has 17 nitrogen and oxygen atoms in total. The number of pyridine rings is 2.